The molecule has 2 rings (SSSR count). The average Bonchev–Trinajstić information content (AvgIpc) is 2.49. The van der Waals surface area contributed by atoms with E-state index in [-0.39, 0.29) is 5.97 Å². The highest BCUT2D eigenvalue weighted by atomic mass is 79.9. The molecule has 0 radical (unpaired) electrons. The molecule has 0 atom stereocenters. The monoisotopic (exact) mass is 332 g/mol. The Kier molecular flexibility index (Phi) is 5.36. The summed E-state index contributed by atoms with van der Waals surface area (Å²) in [4.78, 5) is 12.1. The molecule has 0 aromatic heterocycles. The fourth-order valence-electron chi connectivity index (χ4n) is 2.11. The molecule has 3 heteroatoms. The van der Waals surface area contributed by atoms with E-state index in [9.17, 15) is 4.79 Å². The Hall–Kier alpha value is -1.61. The number of benzene rings is 2. The summed E-state index contributed by atoms with van der Waals surface area (Å²) in [6, 6.07) is 16.0. The van der Waals surface area contributed by atoms with Gasteiger partial charge in [-0.1, -0.05) is 58.4 Å². The molecule has 0 aliphatic heterocycles. The van der Waals surface area contributed by atoms with Crippen LogP contribution < -0.4 is 0 Å². The minimum atomic E-state index is -0.249. The van der Waals surface area contributed by atoms with Gasteiger partial charge in [-0.2, -0.15) is 0 Å². The third kappa shape index (κ3) is 3.48. The van der Waals surface area contributed by atoms with Gasteiger partial charge in [0.2, 0.25) is 0 Å². The Labute approximate surface area is 127 Å². The highest BCUT2D eigenvalue weighted by Crippen LogP contribution is 2.23. The van der Waals surface area contributed by atoms with Gasteiger partial charge >= 0.3 is 5.97 Å². The second kappa shape index (κ2) is 7.25. The number of carbonyl (C=O) groups excluding carboxylic acids is 1. The number of aryl methyl sites for hydroxylation is 1. The number of carbonyl (C=O) groups is 1. The van der Waals surface area contributed by atoms with Crippen LogP contribution in [-0.4, -0.2) is 17.9 Å². The zero-order valence-corrected chi connectivity index (χ0v) is 13.0. The van der Waals surface area contributed by atoms with Crippen molar-refractivity contribution in [3.8, 4) is 11.1 Å². The fourth-order valence-corrected chi connectivity index (χ4v) is 2.53. The lowest BCUT2D eigenvalue weighted by Crippen LogP contribution is -2.09. The molecule has 0 heterocycles. The van der Waals surface area contributed by atoms with Gasteiger partial charge in [-0.05, 0) is 36.1 Å². The van der Waals surface area contributed by atoms with Crippen molar-refractivity contribution in [3.63, 3.8) is 0 Å². The molecule has 20 heavy (non-hydrogen) atoms. The molecule has 0 bridgehead atoms. The van der Waals surface area contributed by atoms with E-state index >= 15 is 0 Å². The van der Waals surface area contributed by atoms with Crippen LogP contribution in [0.25, 0.3) is 11.1 Å². The molecule has 2 aromatic carbocycles. The van der Waals surface area contributed by atoms with Crippen molar-refractivity contribution >= 4 is 21.9 Å². The van der Waals surface area contributed by atoms with Crippen LogP contribution >= 0.6 is 15.9 Å². The van der Waals surface area contributed by atoms with E-state index in [4.69, 9.17) is 4.74 Å². The van der Waals surface area contributed by atoms with Crippen molar-refractivity contribution < 1.29 is 9.53 Å². The van der Waals surface area contributed by atoms with E-state index in [1.807, 2.05) is 49.4 Å². The molecule has 0 unspecified atom stereocenters. The first-order valence-electron chi connectivity index (χ1n) is 6.67. The standard InChI is InChI=1S/C17H17BrO2/c1-2-20-17(19)16-12-15(9-8-14(16)10-11-18)13-6-4-3-5-7-13/h3-9,12H,2,10-11H2,1H3. The molecule has 0 saturated carbocycles. The topological polar surface area (TPSA) is 26.3 Å². The molecule has 0 saturated heterocycles. The zero-order valence-electron chi connectivity index (χ0n) is 11.4. The Morgan fingerprint density at radius 3 is 2.50 bits per heavy atom. The predicted molar refractivity (Wildman–Crippen MR) is 85.3 cm³/mol. The van der Waals surface area contributed by atoms with Crippen LogP contribution in [0.1, 0.15) is 22.8 Å². The Morgan fingerprint density at radius 1 is 1.10 bits per heavy atom. The van der Waals surface area contributed by atoms with Gasteiger partial charge in [-0.3, -0.25) is 0 Å². The molecular formula is C17H17BrO2. The molecule has 0 aliphatic rings. The SMILES string of the molecule is CCOC(=O)c1cc(-c2ccccc2)ccc1CCBr. The molecule has 2 aromatic rings. The average molecular weight is 333 g/mol. The maximum Gasteiger partial charge on any atom is 0.338 e. The largest absolute Gasteiger partial charge is 0.462 e. The van der Waals surface area contributed by atoms with Gasteiger partial charge in [-0.25, -0.2) is 4.79 Å². The summed E-state index contributed by atoms with van der Waals surface area (Å²) in [6.45, 7) is 2.21. The number of halogens is 1. The molecule has 0 spiro atoms. The van der Waals surface area contributed by atoms with Crippen molar-refractivity contribution in [2.75, 3.05) is 11.9 Å². The smallest absolute Gasteiger partial charge is 0.338 e. The Balaban J connectivity index is 2.42. The van der Waals surface area contributed by atoms with E-state index in [1.54, 1.807) is 0 Å². The lowest BCUT2D eigenvalue weighted by molar-refractivity contribution is 0.0525. The summed E-state index contributed by atoms with van der Waals surface area (Å²) in [5.74, 6) is -0.249. The van der Waals surface area contributed by atoms with E-state index in [2.05, 4.69) is 22.0 Å². The number of ether oxygens (including phenoxy) is 1. The lowest BCUT2D eigenvalue weighted by atomic mass is 9.98. The zero-order chi connectivity index (χ0) is 14.4. The molecule has 0 N–H and O–H groups in total. The third-order valence-electron chi connectivity index (χ3n) is 3.08. The quantitative estimate of drug-likeness (QED) is 0.596. The molecule has 0 amide bonds. The minimum Gasteiger partial charge on any atom is -0.462 e. The first-order chi connectivity index (χ1) is 9.76. The van der Waals surface area contributed by atoms with Crippen molar-refractivity contribution in [1.29, 1.82) is 0 Å². The summed E-state index contributed by atoms with van der Waals surface area (Å²) >= 11 is 3.42. The summed E-state index contributed by atoms with van der Waals surface area (Å²) in [6.07, 6.45) is 0.809. The van der Waals surface area contributed by atoms with Crippen LogP contribution in [0.3, 0.4) is 0 Å². The second-order valence-corrected chi connectivity index (χ2v) is 5.19. The van der Waals surface area contributed by atoms with Gasteiger partial charge in [0, 0.05) is 5.33 Å². The van der Waals surface area contributed by atoms with Crippen LogP contribution in [0.4, 0.5) is 0 Å². The van der Waals surface area contributed by atoms with Gasteiger partial charge in [-0.15, -0.1) is 0 Å². The summed E-state index contributed by atoms with van der Waals surface area (Å²) < 4.78 is 5.15. The summed E-state index contributed by atoms with van der Waals surface area (Å²) in [5.41, 5.74) is 3.81. The van der Waals surface area contributed by atoms with Crippen LogP contribution in [0.2, 0.25) is 0 Å². The molecule has 2 nitrogen and oxygen atoms in total. The molecule has 104 valence electrons. The Bertz CT molecular complexity index is 579. The van der Waals surface area contributed by atoms with Crippen molar-refractivity contribution in [2.45, 2.75) is 13.3 Å². The van der Waals surface area contributed by atoms with Gasteiger partial charge in [0.15, 0.2) is 0 Å². The fraction of sp³-hybridized carbons (Fsp3) is 0.235. The van der Waals surface area contributed by atoms with Gasteiger partial charge < -0.3 is 4.74 Å². The minimum absolute atomic E-state index is 0.249. The van der Waals surface area contributed by atoms with Crippen molar-refractivity contribution in [3.05, 3.63) is 59.7 Å². The van der Waals surface area contributed by atoms with E-state index in [0.29, 0.717) is 12.2 Å². The van der Waals surface area contributed by atoms with Crippen LogP contribution in [-0.2, 0) is 11.2 Å². The van der Waals surface area contributed by atoms with Crippen LogP contribution in [0.5, 0.6) is 0 Å². The first kappa shape index (κ1) is 14.8. The van der Waals surface area contributed by atoms with Gasteiger partial charge in [0.1, 0.15) is 0 Å². The molecular weight excluding hydrogens is 316 g/mol. The number of hydrogen-bond donors (Lipinski definition) is 0. The van der Waals surface area contributed by atoms with Gasteiger partial charge in [0.05, 0.1) is 12.2 Å². The van der Waals surface area contributed by atoms with Crippen LogP contribution in [0, 0.1) is 0 Å². The second-order valence-electron chi connectivity index (χ2n) is 4.40. The highest BCUT2D eigenvalue weighted by molar-refractivity contribution is 9.09. The van der Waals surface area contributed by atoms with E-state index in [1.165, 1.54) is 0 Å². The highest BCUT2D eigenvalue weighted by Gasteiger charge is 2.13. The van der Waals surface area contributed by atoms with E-state index in [0.717, 1.165) is 28.4 Å². The number of hydrogen-bond acceptors (Lipinski definition) is 2. The van der Waals surface area contributed by atoms with E-state index < -0.39 is 0 Å². The molecule has 0 aliphatic carbocycles. The number of esters is 1. The number of rotatable bonds is 5. The normalized spacial score (nSPS) is 10.3. The van der Waals surface area contributed by atoms with Crippen LogP contribution in [0.15, 0.2) is 48.5 Å². The maximum atomic E-state index is 12.1. The summed E-state index contributed by atoms with van der Waals surface area (Å²) in [7, 11) is 0. The van der Waals surface area contributed by atoms with Crippen molar-refractivity contribution in [1.82, 2.24) is 0 Å². The summed E-state index contributed by atoms with van der Waals surface area (Å²) in [5, 5.41) is 0.824. The maximum absolute atomic E-state index is 12.1. The Morgan fingerprint density at radius 2 is 1.85 bits per heavy atom. The third-order valence-corrected chi connectivity index (χ3v) is 3.47. The predicted octanol–water partition coefficient (Wildman–Crippen LogP) is 4.47. The molecule has 0 fully saturated rings. The number of alkyl halides is 1. The van der Waals surface area contributed by atoms with Gasteiger partial charge in [0.25, 0.3) is 0 Å². The lowest BCUT2D eigenvalue weighted by Gasteiger charge is -2.10. The first-order valence-corrected chi connectivity index (χ1v) is 7.80. The van der Waals surface area contributed by atoms with Crippen molar-refractivity contribution in [2.24, 2.45) is 0 Å².